The van der Waals surface area contributed by atoms with E-state index in [0.717, 1.165) is 45.5 Å². The molecule has 0 saturated heterocycles. The van der Waals surface area contributed by atoms with Crippen LogP contribution in [-0.2, 0) is 24.5 Å². The predicted molar refractivity (Wildman–Crippen MR) is 138 cm³/mol. The van der Waals surface area contributed by atoms with Gasteiger partial charge in [0.25, 0.3) is 0 Å². The lowest BCUT2D eigenvalue weighted by molar-refractivity contribution is -0.0175. The molecule has 0 aliphatic carbocycles. The van der Waals surface area contributed by atoms with Crippen LogP contribution >= 0.6 is 11.6 Å². The quantitative estimate of drug-likeness (QED) is 0.285. The fraction of sp³-hybridized carbons (Fsp3) is 0.207. The Bertz CT molecular complexity index is 1550. The van der Waals surface area contributed by atoms with Crippen molar-refractivity contribution in [1.29, 1.82) is 0 Å². The number of carbonyl (C=O) groups is 1. The Balaban J connectivity index is 1.28. The zero-order valence-electron chi connectivity index (χ0n) is 20.0. The summed E-state index contributed by atoms with van der Waals surface area (Å²) in [4.78, 5) is 13.2. The molecular formula is C29H24ClNO5. The minimum absolute atomic E-state index is 0.134. The van der Waals surface area contributed by atoms with Crippen LogP contribution in [0.3, 0.4) is 0 Å². The molecule has 36 heavy (non-hydrogen) atoms. The van der Waals surface area contributed by atoms with Crippen molar-refractivity contribution < 1.29 is 23.7 Å². The minimum atomic E-state index is -0.134. The normalized spacial score (nSPS) is 15.5. The number of Topliss-reactive ketones (excluding diaryl/α,β-unsaturated/α-hetero) is 1. The van der Waals surface area contributed by atoms with Gasteiger partial charge >= 0.3 is 0 Å². The summed E-state index contributed by atoms with van der Waals surface area (Å²) >= 11 is 6.29. The zero-order valence-corrected chi connectivity index (χ0v) is 20.7. The van der Waals surface area contributed by atoms with E-state index in [9.17, 15) is 4.79 Å². The van der Waals surface area contributed by atoms with Gasteiger partial charge < -0.3 is 23.5 Å². The number of aryl methyl sites for hydroxylation is 1. The van der Waals surface area contributed by atoms with Crippen LogP contribution in [0.5, 0.6) is 17.2 Å². The summed E-state index contributed by atoms with van der Waals surface area (Å²) < 4.78 is 25.5. The van der Waals surface area contributed by atoms with Gasteiger partial charge in [-0.25, -0.2) is 0 Å². The second kappa shape index (κ2) is 9.04. The summed E-state index contributed by atoms with van der Waals surface area (Å²) in [6.45, 7) is 5.73. The third-order valence-corrected chi connectivity index (χ3v) is 6.84. The fourth-order valence-corrected chi connectivity index (χ4v) is 5.10. The van der Waals surface area contributed by atoms with Crippen molar-refractivity contribution in [3.63, 3.8) is 0 Å². The SMILES string of the molecule is CCn1cc(/C=C2\Oc3c(ccc(OCc4cc(Cl)cc5c4OCOC5)c3C)C2=O)c2ccccc21. The third kappa shape index (κ3) is 3.83. The van der Waals surface area contributed by atoms with Crippen molar-refractivity contribution in [1.82, 2.24) is 4.57 Å². The van der Waals surface area contributed by atoms with Gasteiger partial charge in [0, 0.05) is 50.9 Å². The molecule has 6 rings (SSSR count). The molecule has 0 radical (unpaired) electrons. The van der Waals surface area contributed by atoms with Crippen molar-refractivity contribution in [3.8, 4) is 17.2 Å². The average Bonchev–Trinajstić information content (AvgIpc) is 3.41. The molecule has 0 atom stereocenters. The Morgan fingerprint density at radius 1 is 1.14 bits per heavy atom. The van der Waals surface area contributed by atoms with Gasteiger partial charge in [0.1, 0.15) is 23.9 Å². The van der Waals surface area contributed by atoms with Crippen LogP contribution in [-0.4, -0.2) is 17.1 Å². The lowest BCUT2D eigenvalue weighted by atomic mass is 10.1. The van der Waals surface area contributed by atoms with Gasteiger partial charge in [-0.2, -0.15) is 0 Å². The van der Waals surface area contributed by atoms with Crippen LogP contribution < -0.4 is 14.2 Å². The van der Waals surface area contributed by atoms with Gasteiger partial charge in [0.05, 0.1) is 12.2 Å². The highest BCUT2D eigenvalue weighted by Crippen LogP contribution is 2.40. The molecule has 0 amide bonds. The lowest BCUT2D eigenvalue weighted by Crippen LogP contribution is -2.14. The first-order valence-corrected chi connectivity index (χ1v) is 12.2. The van der Waals surface area contributed by atoms with E-state index in [1.54, 1.807) is 6.07 Å². The largest absolute Gasteiger partial charge is 0.488 e. The maximum atomic E-state index is 13.2. The van der Waals surface area contributed by atoms with Gasteiger partial charge in [0.2, 0.25) is 5.78 Å². The van der Waals surface area contributed by atoms with Crippen molar-refractivity contribution in [3.05, 3.63) is 93.3 Å². The molecule has 0 N–H and O–H groups in total. The summed E-state index contributed by atoms with van der Waals surface area (Å²) in [7, 11) is 0. The fourth-order valence-electron chi connectivity index (χ4n) is 4.84. The number of carbonyl (C=O) groups excluding carboxylic acids is 1. The number of halogens is 1. The molecule has 0 bridgehead atoms. The number of fused-ring (bicyclic) bond motifs is 3. The van der Waals surface area contributed by atoms with Crippen LogP contribution in [0.25, 0.3) is 17.0 Å². The van der Waals surface area contributed by atoms with E-state index in [4.69, 9.17) is 30.5 Å². The maximum Gasteiger partial charge on any atom is 0.231 e. The van der Waals surface area contributed by atoms with Gasteiger partial charge in [0.15, 0.2) is 12.6 Å². The number of ketones is 1. The Morgan fingerprint density at radius 3 is 2.86 bits per heavy atom. The summed E-state index contributed by atoms with van der Waals surface area (Å²) in [5, 5.41) is 1.68. The summed E-state index contributed by atoms with van der Waals surface area (Å²) in [5.41, 5.74) is 5.11. The molecule has 3 heterocycles. The number of hydrogen-bond acceptors (Lipinski definition) is 5. The van der Waals surface area contributed by atoms with Crippen molar-refractivity contribution in [2.24, 2.45) is 0 Å². The molecule has 2 aliphatic rings. The van der Waals surface area contributed by atoms with Gasteiger partial charge in [-0.3, -0.25) is 4.79 Å². The molecule has 0 spiro atoms. The molecule has 0 unspecified atom stereocenters. The van der Waals surface area contributed by atoms with E-state index in [2.05, 4.69) is 29.8 Å². The number of aromatic nitrogens is 1. The topological polar surface area (TPSA) is 58.9 Å². The van der Waals surface area contributed by atoms with E-state index < -0.39 is 0 Å². The lowest BCUT2D eigenvalue weighted by Gasteiger charge is -2.21. The number of para-hydroxylation sites is 1. The van der Waals surface area contributed by atoms with Gasteiger partial charge in [-0.1, -0.05) is 29.8 Å². The molecule has 7 heteroatoms. The Morgan fingerprint density at radius 2 is 2.00 bits per heavy atom. The Labute approximate surface area is 213 Å². The van der Waals surface area contributed by atoms with Crippen molar-refractivity contribution in [2.75, 3.05) is 6.79 Å². The van der Waals surface area contributed by atoms with E-state index in [0.29, 0.717) is 34.5 Å². The molecule has 2 aliphatic heterocycles. The van der Waals surface area contributed by atoms with E-state index in [-0.39, 0.29) is 19.2 Å². The molecule has 0 fully saturated rings. The van der Waals surface area contributed by atoms with Crippen LogP contribution in [0.2, 0.25) is 5.02 Å². The number of ether oxygens (including phenoxy) is 4. The first-order chi connectivity index (χ1) is 17.5. The van der Waals surface area contributed by atoms with Gasteiger partial charge in [-0.05, 0) is 50.3 Å². The number of rotatable bonds is 5. The minimum Gasteiger partial charge on any atom is -0.488 e. The van der Waals surface area contributed by atoms with E-state index in [1.807, 2.05) is 43.3 Å². The second-order valence-corrected chi connectivity index (χ2v) is 9.28. The molecule has 182 valence electrons. The zero-order chi connectivity index (χ0) is 24.8. The Hall–Kier alpha value is -3.74. The highest BCUT2D eigenvalue weighted by molar-refractivity contribution is 6.30. The van der Waals surface area contributed by atoms with Crippen molar-refractivity contribution in [2.45, 2.75) is 33.6 Å². The smallest absolute Gasteiger partial charge is 0.231 e. The van der Waals surface area contributed by atoms with Crippen LogP contribution in [0.4, 0.5) is 0 Å². The second-order valence-electron chi connectivity index (χ2n) is 8.85. The molecule has 1 aromatic heterocycles. The molecule has 3 aromatic carbocycles. The predicted octanol–water partition coefficient (Wildman–Crippen LogP) is 6.68. The highest BCUT2D eigenvalue weighted by atomic mass is 35.5. The monoisotopic (exact) mass is 501 g/mol. The molecule has 6 nitrogen and oxygen atoms in total. The standard InChI is InChI=1S/C29H24ClNO5/c1-3-31-13-18(22-6-4-5-7-24(22)31)12-26-27(32)23-8-9-25(17(2)28(23)36-26)34-15-20-11-21(30)10-19-14-33-16-35-29(19)20/h4-13H,3,14-16H2,1-2H3/b26-12-. The van der Waals surface area contributed by atoms with E-state index >= 15 is 0 Å². The molecular weight excluding hydrogens is 478 g/mol. The summed E-state index contributed by atoms with van der Waals surface area (Å²) in [6, 6.07) is 15.4. The number of allylic oxidation sites excluding steroid dienone is 1. The molecule has 0 saturated carbocycles. The van der Waals surface area contributed by atoms with Crippen molar-refractivity contribution >= 4 is 34.4 Å². The average molecular weight is 502 g/mol. The first kappa shape index (κ1) is 22.7. The number of hydrogen-bond donors (Lipinski definition) is 0. The maximum absolute atomic E-state index is 13.2. The van der Waals surface area contributed by atoms with Crippen LogP contribution in [0, 0.1) is 6.92 Å². The summed E-state index contributed by atoms with van der Waals surface area (Å²) in [5.74, 6) is 2.08. The first-order valence-electron chi connectivity index (χ1n) is 11.8. The third-order valence-electron chi connectivity index (χ3n) is 6.62. The highest BCUT2D eigenvalue weighted by Gasteiger charge is 2.30. The summed E-state index contributed by atoms with van der Waals surface area (Å²) in [6.07, 6.45) is 3.88. The number of benzene rings is 3. The van der Waals surface area contributed by atoms with E-state index in [1.165, 1.54) is 0 Å². The Kier molecular flexibility index (Phi) is 5.70. The van der Waals surface area contributed by atoms with Crippen LogP contribution in [0.1, 0.15) is 39.5 Å². The molecule has 4 aromatic rings. The van der Waals surface area contributed by atoms with Gasteiger partial charge in [-0.15, -0.1) is 0 Å². The van der Waals surface area contributed by atoms with Crippen LogP contribution in [0.15, 0.2) is 60.5 Å². The number of nitrogens with zero attached hydrogens (tertiary/aromatic N) is 1.